The Hall–Kier alpha value is -6.64. The Kier molecular flexibility index (Phi) is 6.63. The van der Waals surface area contributed by atoms with E-state index in [1.807, 2.05) is 0 Å². The van der Waals surface area contributed by atoms with Gasteiger partial charge in [-0.25, -0.2) is 0 Å². The third kappa shape index (κ3) is 4.52. The van der Waals surface area contributed by atoms with Crippen LogP contribution in [0.5, 0.6) is 0 Å². The lowest BCUT2D eigenvalue weighted by Crippen LogP contribution is -2.31. The van der Waals surface area contributed by atoms with Crippen LogP contribution in [0.3, 0.4) is 0 Å². The molecular weight excluding hydrogens is 641 g/mol. The Labute approximate surface area is 308 Å². The molecule has 0 unspecified atom stereocenters. The lowest BCUT2D eigenvalue weighted by Gasteiger charge is -2.33. The highest BCUT2D eigenvalue weighted by atomic mass is 15.0. The van der Waals surface area contributed by atoms with E-state index in [-0.39, 0.29) is 5.41 Å². The molecule has 0 saturated heterocycles. The molecule has 11 rings (SSSR count). The summed E-state index contributed by atoms with van der Waals surface area (Å²) in [6.07, 6.45) is 1.77. The van der Waals surface area contributed by atoms with Crippen LogP contribution in [0.4, 0.5) is 0 Å². The summed E-state index contributed by atoms with van der Waals surface area (Å²) in [6, 6.07) is 72.0. The molecule has 2 nitrogen and oxygen atoms in total. The molecule has 0 bridgehead atoms. The summed E-state index contributed by atoms with van der Waals surface area (Å²) in [7, 11) is 0. The van der Waals surface area contributed by atoms with Crippen LogP contribution in [0.2, 0.25) is 0 Å². The highest BCUT2D eigenvalue weighted by Crippen LogP contribution is 2.54. The Morgan fingerprint density at radius 2 is 0.642 bits per heavy atom. The van der Waals surface area contributed by atoms with Gasteiger partial charge in [0.1, 0.15) is 0 Å². The van der Waals surface area contributed by atoms with Crippen LogP contribution in [0, 0.1) is 0 Å². The molecule has 53 heavy (non-hydrogen) atoms. The van der Waals surface area contributed by atoms with E-state index in [0.717, 1.165) is 12.8 Å². The third-order valence-corrected chi connectivity index (χ3v) is 11.7. The van der Waals surface area contributed by atoms with Gasteiger partial charge in [0.15, 0.2) is 0 Å². The van der Waals surface area contributed by atoms with E-state index in [4.69, 9.17) is 0 Å². The number of aromatic nitrogens is 2. The Morgan fingerprint density at radius 1 is 0.321 bits per heavy atom. The Morgan fingerprint density at radius 3 is 1.00 bits per heavy atom. The summed E-state index contributed by atoms with van der Waals surface area (Å²) in [5.41, 5.74) is 15.1. The molecule has 2 heterocycles. The minimum absolute atomic E-state index is 0.323. The van der Waals surface area contributed by atoms with Gasteiger partial charge in [-0.3, -0.25) is 0 Å². The van der Waals surface area contributed by atoms with Crippen molar-refractivity contribution in [2.75, 3.05) is 0 Å². The first-order chi connectivity index (χ1) is 26.3. The number of fused-ring (bicyclic) bond motifs is 9. The van der Waals surface area contributed by atoms with Crippen molar-refractivity contribution in [2.24, 2.45) is 0 Å². The molecule has 0 radical (unpaired) electrons. The van der Waals surface area contributed by atoms with Crippen LogP contribution in [-0.4, -0.2) is 9.13 Å². The molecule has 0 amide bonds. The molecule has 1 aliphatic rings. The lowest BCUT2D eigenvalue weighted by molar-refractivity contribution is 0.519. The van der Waals surface area contributed by atoms with Crippen molar-refractivity contribution in [1.29, 1.82) is 0 Å². The smallest absolute Gasteiger partial charge is 0.0541 e. The largest absolute Gasteiger partial charge is 0.309 e. The van der Waals surface area contributed by atoms with E-state index in [2.05, 4.69) is 203 Å². The van der Waals surface area contributed by atoms with Crippen molar-refractivity contribution in [1.82, 2.24) is 9.13 Å². The van der Waals surface area contributed by atoms with Gasteiger partial charge in [0.25, 0.3) is 0 Å². The normalized spacial score (nSPS) is 13.2. The van der Waals surface area contributed by atoms with Crippen LogP contribution in [-0.2, 0) is 18.3 Å². The van der Waals surface area contributed by atoms with Gasteiger partial charge in [0.2, 0.25) is 0 Å². The van der Waals surface area contributed by atoms with Crippen molar-refractivity contribution < 1.29 is 0 Å². The van der Waals surface area contributed by atoms with E-state index in [9.17, 15) is 0 Å². The predicted octanol–water partition coefficient (Wildman–Crippen LogP) is 12.6. The van der Waals surface area contributed by atoms with Gasteiger partial charge in [-0.15, -0.1) is 0 Å². The van der Waals surface area contributed by atoms with E-state index < -0.39 is 0 Å². The average molecular weight is 677 g/mol. The number of nitrogens with zero attached hydrogens (tertiary/aromatic N) is 2. The fraction of sp³-hybridized carbons (Fsp3) is 0.0588. The maximum Gasteiger partial charge on any atom is 0.0541 e. The summed E-state index contributed by atoms with van der Waals surface area (Å²) in [5.74, 6) is 0. The molecule has 0 fully saturated rings. The van der Waals surface area contributed by atoms with E-state index >= 15 is 0 Å². The molecule has 250 valence electrons. The van der Waals surface area contributed by atoms with E-state index in [1.54, 1.807) is 0 Å². The molecule has 2 aromatic heterocycles. The lowest BCUT2D eigenvalue weighted by atomic mass is 9.69. The molecule has 1 aliphatic carbocycles. The molecule has 0 spiro atoms. The van der Waals surface area contributed by atoms with Crippen molar-refractivity contribution in [3.05, 3.63) is 216 Å². The monoisotopic (exact) mass is 676 g/mol. The van der Waals surface area contributed by atoms with Crippen LogP contribution in [0.1, 0.15) is 22.3 Å². The van der Waals surface area contributed by atoms with Gasteiger partial charge in [-0.05, 0) is 94.8 Å². The van der Waals surface area contributed by atoms with Crippen LogP contribution < -0.4 is 0 Å². The first-order valence-corrected chi connectivity index (χ1v) is 18.6. The summed E-state index contributed by atoms with van der Waals surface area (Å²) in [5, 5.41) is 5.12. The second-order valence-electron chi connectivity index (χ2n) is 14.6. The number of para-hydroxylation sites is 4. The quantitative estimate of drug-likeness (QED) is 0.166. The van der Waals surface area contributed by atoms with Crippen LogP contribution in [0.15, 0.2) is 194 Å². The number of hydrogen-bond donors (Lipinski definition) is 0. The highest BCUT2D eigenvalue weighted by Gasteiger charge is 2.44. The zero-order valence-corrected chi connectivity index (χ0v) is 29.3. The SMILES string of the molecule is c1ccc(CC2(Cc3ccccc3)c3cc(-n4c5ccccc5c5ccccc54)ccc3-c3ccc(-n4c5ccccc5c5ccccc54)cc32)cc1. The minimum Gasteiger partial charge on any atom is -0.309 e. The van der Waals surface area contributed by atoms with Gasteiger partial charge >= 0.3 is 0 Å². The minimum atomic E-state index is -0.323. The van der Waals surface area contributed by atoms with Crippen molar-refractivity contribution in [3.63, 3.8) is 0 Å². The van der Waals surface area contributed by atoms with Crippen molar-refractivity contribution in [2.45, 2.75) is 18.3 Å². The van der Waals surface area contributed by atoms with Crippen molar-refractivity contribution in [3.8, 4) is 22.5 Å². The predicted molar refractivity (Wildman–Crippen MR) is 222 cm³/mol. The molecule has 0 saturated carbocycles. The second-order valence-corrected chi connectivity index (χ2v) is 14.6. The van der Waals surface area contributed by atoms with E-state index in [0.29, 0.717) is 0 Å². The molecule has 10 aromatic rings. The van der Waals surface area contributed by atoms with Crippen molar-refractivity contribution >= 4 is 43.6 Å². The molecule has 0 aliphatic heterocycles. The summed E-state index contributed by atoms with van der Waals surface area (Å²) >= 11 is 0. The number of benzene rings is 8. The summed E-state index contributed by atoms with van der Waals surface area (Å²) < 4.78 is 4.93. The average Bonchev–Trinajstić information content (AvgIpc) is 3.82. The Balaban J connectivity index is 1.21. The zero-order valence-electron chi connectivity index (χ0n) is 29.3. The molecule has 0 atom stereocenters. The maximum absolute atomic E-state index is 2.51. The van der Waals surface area contributed by atoms with Gasteiger partial charge in [-0.2, -0.15) is 0 Å². The van der Waals surface area contributed by atoms with Crippen LogP contribution >= 0.6 is 0 Å². The van der Waals surface area contributed by atoms with Gasteiger partial charge in [0, 0.05) is 38.3 Å². The van der Waals surface area contributed by atoms with Gasteiger partial charge < -0.3 is 9.13 Å². The molecule has 0 N–H and O–H groups in total. The first kappa shape index (κ1) is 30.0. The maximum atomic E-state index is 2.51. The topological polar surface area (TPSA) is 9.86 Å². The van der Waals surface area contributed by atoms with Gasteiger partial charge in [-0.1, -0.05) is 146 Å². The number of hydrogen-bond acceptors (Lipinski definition) is 0. The Bertz CT molecular complexity index is 2690. The standard InChI is InChI=1S/C51H36N2/c1-3-15-35(16-4-1)33-51(34-36-17-5-2-6-18-36)45-31-37(52-47-23-11-7-19-41(47)42-20-8-12-24-48(42)52)27-29-39(45)40-30-28-38(32-46(40)51)53-49-25-13-9-21-43(49)44-22-10-14-26-50(44)53/h1-32H,33-34H2. The molecule has 2 heteroatoms. The fourth-order valence-electron chi connectivity index (χ4n) is 9.48. The summed E-state index contributed by atoms with van der Waals surface area (Å²) in [4.78, 5) is 0. The summed E-state index contributed by atoms with van der Waals surface area (Å²) in [6.45, 7) is 0. The highest BCUT2D eigenvalue weighted by molar-refractivity contribution is 6.10. The molecular formula is C51H36N2. The van der Waals surface area contributed by atoms with Crippen LogP contribution in [0.25, 0.3) is 66.1 Å². The van der Waals surface area contributed by atoms with Gasteiger partial charge in [0.05, 0.1) is 22.1 Å². The fourth-order valence-corrected chi connectivity index (χ4v) is 9.48. The van der Waals surface area contributed by atoms with E-state index in [1.165, 1.54) is 88.4 Å². The third-order valence-electron chi connectivity index (χ3n) is 11.7. The number of rotatable bonds is 6. The molecule has 8 aromatic carbocycles. The second kappa shape index (κ2) is 11.7. The zero-order chi connectivity index (χ0) is 34.9. The first-order valence-electron chi connectivity index (χ1n) is 18.6.